The highest BCUT2D eigenvalue weighted by Crippen LogP contribution is 2.27. The molecule has 0 saturated heterocycles. The number of hydrogen-bond donors (Lipinski definition) is 1. The van der Waals surface area contributed by atoms with Gasteiger partial charge in [0, 0.05) is 11.1 Å². The summed E-state index contributed by atoms with van der Waals surface area (Å²) in [6, 6.07) is 18.1. The summed E-state index contributed by atoms with van der Waals surface area (Å²) in [7, 11) is 0. The van der Waals surface area contributed by atoms with E-state index in [9.17, 15) is 4.79 Å². The average Bonchev–Trinajstić information content (AvgIpc) is 3.41. The largest absolute Gasteiger partial charge is 0.347 e. The molecule has 0 aliphatic rings. The Balaban J connectivity index is 1.60. The maximum absolute atomic E-state index is 12.8. The summed E-state index contributed by atoms with van der Waals surface area (Å²) < 4.78 is 1.84. The Morgan fingerprint density at radius 1 is 1.00 bits per heavy atom. The standard InChI is InChI=1S/C20H17N3OS2/c24-20(21-12-16-8-4-10-25-16)17-14-23(13-15-6-2-1-3-7-15)22-19(17)18-9-5-11-26-18/h1-11,14H,12-13H2,(H,21,24). The van der Waals surface area contributed by atoms with E-state index < -0.39 is 0 Å². The first-order valence-corrected chi connectivity index (χ1v) is 10.0. The van der Waals surface area contributed by atoms with Crippen LogP contribution in [0.25, 0.3) is 10.6 Å². The van der Waals surface area contributed by atoms with Gasteiger partial charge in [0.1, 0.15) is 5.69 Å². The van der Waals surface area contributed by atoms with E-state index >= 15 is 0 Å². The molecule has 0 saturated carbocycles. The van der Waals surface area contributed by atoms with Crippen LogP contribution in [-0.2, 0) is 13.1 Å². The van der Waals surface area contributed by atoms with Crippen LogP contribution in [0.5, 0.6) is 0 Å². The first-order chi connectivity index (χ1) is 12.8. The maximum atomic E-state index is 12.8. The van der Waals surface area contributed by atoms with Crippen LogP contribution >= 0.6 is 22.7 Å². The third-order valence-corrected chi connectivity index (χ3v) is 5.70. The van der Waals surface area contributed by atoms with E-state index in [0.29, 0.717) is 18.7 Å². The lowest BCUT2D eigenvalue weighted by Gasteiger charge is -2.03. The van der Waals surface area contributed by atoms with Gasteiger partial charge < -0.3 is 5.32 Å². The van der Waals surface area contributed by atoms with Crippen molar-refractivity contribution in [2.24, 2.45) is 0 Å². The van der Waals surface area contributed by atoms with Crippen molar-refractivity contribution in [1.82, 2.24) is 15.1 Å². The summed E-state index contributed by atoms with van der Waals surface area (Å²) in [4.78, 5) is 14.9. The van der Waals surface area contributed by atoms with E-state index in [1.165, 1.54) is 0 Å². The van der Waals surface area contributed by atoms with E-state index in [1.807, 2.05) is 64.1 Å². The zero-order valence-electron chi connectivity index (χ0n) is 14.0. The molecule has 0 radical (unpaired) electrons. The molecule has 3 aromatic heterocycles. The fraction of sp³-hybridized carbons (Fsp3) is 0.100. The predicted octanol–water partition coefficient (Wildman–Crippen LogP) is 4.65. The second-order valence-electron chi connectivity index (χ2n) is 5.81. The zero-order chi connectivity index (χ0) is 17.8. The van der Waals surface area contributed by atoms with Crippen LogP contribution in [-0.4, -0.2) is 15.7 Å². The lowest BCUT2D eigenvalue weighted by atomic mass is 10.2. The number of amides is 1. The number of aromatic nitrogens is 2. The van der Waals surface area contributed by atoms with Gasteiger partial charge >= 0.3 is 0 Å². The molecule has 0 fully saturated rings. The Morgan fingerprint density at radius 3 is 2.54 bits per heavy atom. The molecule has 1 amide bonds. The van der Waals surface area contributed by atoms with Gasteiger partial charge in [-0.15, -0.1) is 22.7 Å². The van der Waals surface area contributed by atoms with Crippen molar-refractivity contribution in [2.75, 3.05) is 0 Å². The number of rotatable bonds is 6. The van der Waals surface area contributed by atoms with Crippen molar-refractivity contribution in [3.05, 3.63) is 87.6 Å². The molecule has 0 unspecified atom stereocenters. The Morgan fingerprint density at radius 2 is 1.81 bits per heavy atom. The third kappa shape index (κ3) is 3.76. The summed E-state index contributed by atoms with van der Waals surface area (Å²) >= 11 is 3.22. The van der Waals surface area contributed by atoms with Crippen molar-refractivity contribution < 1.29 is 4.79 Å². The van der Waals surface area contributed by atoms with Gasteiger partial charge in [0.2, 0.25) is 0 Å². The normalized spacial score (nSPS) is 10.8. The molecule has 0 aliphatic heterocycles. The van der Waals surface area contributed by atoms with Gasteiger partial charge in [-0.3, -0.25) is 9.48 Å². The van der Waals surface area contributed by atoms with Crippen LogP contribution in [0.1, 0.15) is 20.8 Å². The number of hydrogen-bond acceptors (Lipinski definition) is 4. The summed E-state index contributed by atoms with van der Waals surface area (Å²) in [5.74, 6) is -0.0962. The van der Waals surface area contributed by atoms with Gasteiger partial charge in [-0.25, -0.2) is 0 Å². The molecule has 1 N–H and O–H groups in total. The minimum Gasteiger partial charge on any atom is -0.347 e. The SMILES string of the molecule is O=C(NCc1cccs1)c1cn(Cc2ccccc2)nc1-c1cccs1. The second-order valence-corrected chi connectivity index (χ2v) is 7.79. The van der Waals surface area contributed by atoms with Gasteiger partial charge in [-0.1, -0.05) is 42.5 Å². The number of carbonyl (C=O) groups is 1. The molecule has 0 aliphatic carbocycles. The third-order valence-electron chi connectivity index (χ3n) is 3.95. The number of nitrogens with zero attached hydrogens (tertiary/aromatic N) is 2. The number of carbonyl (C=O) groups excluding carboxylic acids is 1. The molecule has 26 heavy (non-hydrogen) atoms. The first-order valence-electron chi connectivity index (χ1n) is 8.25. The van der Waals surface area contributed by atoms with Gasteiger partial charge in [0.05, 0.1) is 23.5 Å². The lowest BCUT2D eigenvalue weighted by molar-refractivity contribution is 0.0952. The summed E-state index contributed by atoms with van der Waals surface area (Å²) in [6.07, 6.45) is 1.84. The average molecular weight is 380 g/mol. The van der Waals surface area contributed by atoms with Crippen molar-refractivity contribution in [3.8, 4) is 10.6 Å². The minimum absolute atomic E-state index is 0.0962. The van der Waals surface area contributed by atoms with Crippen molar-refractivity contribution in [3.63, 3.8) is 0 Å². The molecular weight excluding hydrogens is 362 g/mol. The molecule has 4 rings (SSSR count). The second kappa shape index (κ2) is 7.68. The Hall–Kier alpha value is -2.70. The summed E-state index contributed by atoms with van der Waals surface area (Å²) in [6.45, 7) is 1.17. The summed E-state index contributed by atoms with van der Waals surface area (Å²) in [5, 5.41) is 11.7. The highest BCUT2D eigenvalue weighted by Gasteiger charge is 2.18. The fourth-order valence-electron chi connectivity index (χ4n) is 2.71. The van der Waals surface area contributed by atoms with Crippen LogP contribution in [0, 0.1) is 0 Å². The molecule has 4 aromatic rings. The molecule has 130 valence electrons. The van der Waals surface area contributed by atoms with E-state index in [4.69, 9.17) is 0 Å². The molecular formula is C20H17N3OS2. The Bertz CT molecular complexity index is 974. The van der Waals surface area contributed by atoms with Gasteiger partial charge in [0.15, 0.2) is 0 Å². The molecule has 0 bridgehead atoms. The number of benzene rings is 1. The first kappa shape index (κ1) is 16.8. The van der Waals surface area contributed by atoms with Crippen LogP contribution in [0.15, 0.2) is 71.6 Å². The molecule has 0 atom stereocenters. The van der Waals surface area contributed by atoms with E-state index in [2.05, 4.69) is 22.5 Å². The molecule has 3 heterocycles. The van der Waals surface area contributed by atoms with Crippen molar-refractivity contribution >= 4 is 28.6 Å². The van der Waals surface area contributed by atoms with E-state index in [0.717, 1.165) is 21.0 Å². The highest BCUT2D eigenvalue weighted by molar-refractivity contribution is 7.13. The van der Waals surface area contributed by atoms with E-state index in [1.54, 1.807) is 22.7 Å². The molecule has 1 aromatic carbocycles. The number of nitrogens with one attached hydrogen (secondary N) is 1. The Kier molecular flexibility index (Phi) is 4.95. The summed E-state index contributed by atoms with van der Waals surface area (Å²) in [5.41, 5.74) is 2.50. The van der Waals surface area contributed by atoms with Gasteiger partial charge in [-0.05, 0) is 28.5 Å². The number of thiophene rings is 2. The monoisotopic (exact) mass is 379 g/mol. The van der Waals surface area contributed by atoms with E-state index in [-0.39, 0.29) is 5.91 Å². The van der Waals surface area contributed by atoms with Crippen LogP contribution in [0.2, 0.25) is 0 Å². The van der Waals surface area contributed by atoms with Crippen LogP contribution in [0.3, 0.4) is 0 Å². The topological polar surface area (TPSA) is 46.9 Å². The lowest BCUT2D eigenvalue weighted by Crippen LogP contribution is -2.22. The molecule has 6 heteroatoms. The van der Waals surface area contributed by atoms with Gasteiger partial charge in [-0.2, -0.15) is 5.10 Å². The van der Waals surface area contributed by atoms with Crippen molar-refractivity contribution in [2.45, 2.75) is 13.1 Å². The van der Waals surface area contributed by atoms with Crippen LogP contribution < -0.4 is 5.32 Å². The minimum atomic E-state index is -0.0962. The molecule has 4 nitrogen and oxygen atoms in total. The predicted molar refractivity (Wildman–Crippen MR) is 107 cm³/mol. The zero-order valence-corrected chi connectivity index (χ0v) is 15.6. The van der Waals surface area contributed by atoms with Crippen LogP contribution in [0.4, 0.5) is 0 Å². The molecule has 0 spiro atoms. The van der Waals surface area contributed by atoms with Crippen molar-refractivity contribution in [1.29, 1.82) is 0 Å². The maximum Gasteiger partial charge on any atom is 0.255 e. The van der Waals surface area contributed by atoms with Gasteiger partial charge in [0.25, 0.3) is 5.91 Å². The smallest absolute Gasteiger partial charge is 0.255 e. The highest BCUT2D eigenvalue weighted by atomic mass is 32.1. The fourth-order valence-corrected chi connectivity index (χ4v) is 4.08. The quantitative estimate of drug-likeness (QED) is 0.530. The Labute approximate surface area is 159 Å².